The van der Waals surface area contributed by atoms with Crippen molar-refractivity contribution in [2.75, 3.05) is 13.1 Å². The number of imide groups is 1. The molecule has 4 amide bonds. The largest absolute Gasteiger partial charge is 0.353 e. The molecule has 1 heterocycles. The van der Waals surface area contributed by atoms with Crippen molar-refractivity contribution in [3.05, 3.63) is 0 Å². The van der Waals surface area contributed by atoms with E-state index < -0.39 is 17.1 Å². The Labute approximate surface area is 137 Å². The van der Waals surface area contributed by atoms with Gasteiger partial charge in [-0.15, -0.1) is 0 Å². The van der Waals surface area contributed by atoms with Gasteiger partial charge in [-0.05, 0) is 45.4 Å². The van der Waals surface area contributed by atoms with Gasteiger partial charge in [0.15, 0.2) is 0 Å². The Morgan fingerprint density at radius 2 is 2.00 bits per heavy atom. The van der Waals surface area contributed by atoms with Crippen LogP contribution in [0.5, 0.6) is 0 Å². The maximum atomic E-state index is 12.7. The lowest BCUT2D eigenvalue weighted by Gasteiger charge is -2.34. The van der Waals surface area contributed by atoms with Crippen molar-refractivity contribution in [2.24, 2.45) is 11.7 Å². The predicted octanol–water partition coefficient (Wildman–Crippen LogP) is 0.731. The third-order valence-electron chi connectivity index (χ3n) is 4.82. The van der Waals surface area contributed by atoms with E-state index in [0.717, 1.165) is 24.2 Å². The van der Waals surface area contributed by atoms with Gasteiger partial charge < -0.3 is 16.4 Å². The van der Waals surface area contributed by atoms with Crippen molar-refractivity contribution in [1.29, 1.82) is 0 Å². The molecular formula is C16H28N4O3. The second-order valence-corrected chi connectivity index (χ2v) is 7.52. The van der Waals surface area contributed by atoms with Crippen LogP contribution in [0, 0.1) is 5.92 Å². The molecule has 1 saturated heterocycles. The van der Waals surface area contributed by atoms with Gasteiger partial charge in [0.25, 0.3) is 5.91 Å². The van der Waals surface area contributed by atoms with Crippen LogP contribution < -0.4 is 16.4 Å². The standard InChI is InChI=1S/C16H28N4O3/c1-4-11-5-7-16(8-6-11)13(22)20(14(23)19-16)9-12(21)18-10-15(2,3)17/h11H,4-10,17H2,1-3H3,(H,18,21)(H,19,23). The van der Waals surface area contributed by atoms with Crippen molar-refractivity contribution < 1.29 is 14.4 Å². The predicted molar refractivity (Wildman–Crippen MR) is 86.5 cm³/mol. The lowest BCUT2D eigenvalue weighted by Crippen LogP contribution is -2.51. The van der Waals surface area contributed by atoms with Crippen molar-refractivity contribution >= 4 is 17.8 Å². The Morgan fingerprint density at radius 3 is 2.52 bits per heavy atom. The first kappa shape index (κ1) is 17.7. The van der Waals surface area contributed by atoms with Crippen LogP contribution in [0.25, 0.3) is 0 Å². The van der Waals surface area contributed by atoms with E-state index in [-0.39, 0.29) is 18.4 Å². The zero-order chi connectivity index (χ0) is 17.3. The lowest BCUT2D eigenvalue weighted by molar-refractivity contribution is -0.136. The van der Waals surface area contributed by atoms with E-state index in [9.17, 15) is 14.4 Å². The van der Waals surface area contributed by atoms with Crippen molar-refractivity contribution in [2.45, 2.75) is 64.0 Å². The normalized spacial score (nSPS) is 28.2. The average molecular weight is 324 g/mol. The molecule has 0 aromatic carbocycles. The van der Waals surface area contributed by atoms with Gasteiger partial charge in [0.1, 0.15) is 12.1 Å². The number of nitrogens with zero attached hydrogens (tertiary/aromatic N) is 1. The molecule has 1 spiro atoms. The van der Waals surface area contributed by atoms with Crippen LogP contribution in [0.3, 0.4) is 0 Å². The molecule has 1 aliphatic heterocycles. The highest BCUT2D eigenvalue weighted by Crippen LogP contribution is 2.37. The van der Waals surface area contributed by atoms with E-state index in [1.54, 1.807) is 13.8 Å². The second-order valence-electron chi connectivity index (χ2n) is 7.52. The van der Waals surface area contributed by atoms with Crippen LogP contribution in [-0.2, 0) is 9.59 Å². The fourth-order valence-electron chi connectivity index (χ4n) is 3.26. The van der Waals surface area contributed by atoms with Crippen LogP contribution in [0.1, 0.15) is 52.9 Å². The van der Waals surface area contributed by atoms with Gasteiger partial charge in [0, 0.05) is 12.1 Å². The SMILES string of the molecule is CCC1CCC2(CC1)NC(=O)N(CC(=O)NCC(C)(C)N)C2=O. The number of urea groups is 1. The molecular weight excluding hydrogens is 296 g/mol. The molecule has 130 valence electrons. The lowest BCUT2D eigenvalue weighted by atomic mass is 9.75. The van der Waals surface area contributed by atoms with E-state index >= 15 is 0 Å². The fraction of sp³-hybridized carbons (Fsp3) is 0.812. The van der Waals surface area contributed by atoms with Crippen molar-refractivity contribution in [3.63, 3.8) is 0 Å². The van der Waals surface area contributed by atoms with Crippen molar-refractivity contribution in [1.82, 2.24) is 15.5 Å². The summed E-state index contributed by atoms with van der Waals surface area (Å²) in [4.78, 5) is 37.8. The minimum absolute atomic E-state index is 0.250. The first-order valence-corrected chi connectivity index (χ1v) is 8.36. The zero-order valence-corrected chi connectivity index (χ0v) is 14.3. The number of carbonyl (C=O) groups excluding carboxylic acids is 3. The fourth-order valence-corrected chi connectivity index (χ4v) is 3.26. The van der Waals surface area contributed by atoms with E-state index in [4.69, 9.17) is 5.73 Å². The quantitative estimate of drug-likeness (QED) is 0.648. The Balaban J connectivity index is 1.95. The summed E-state index contributed by atoms with van der Waals surface area (Å²) in [5.41, 5.74) is 4.48. The third kappa shape index (κ3) is 4.02. The van der Waals surface area contributed by atoms with Crippen LogP contribution in [0.15, 0.2) is 0 Å². The molecule has 2 fully saturated rings. The van der Waals surface area contributed by atoms with Gasteiger partial charge in [-0.1, -0.05) is 13.3 Å². The molecule has 0 bridgehead atoms. The summed E-state index contributed by atoms with van der Waals surface area (Å²) >= 11 is 0. The van der Waals surface area contributed by atoms with Crippen LogP contribution in [0.4, 0.5) is 4.79 Å². The van der Waals surface area contributed by atoms with Crippen LogP contribution in [-0.4, -0.2) is 46.9 Å². The molecule has 0 atom stereocenters. The zero-order valence-electron chi connectivity index (χ0n) is 14.3. The number of nitrogens with one attached hydrogen (secondary N) is 2. The van der Waals surface area contributed by atoms with Crippen LogP contribution >= 0.6 is 0 Å². The Hall–Kier alpha value is -1.63. The van der Waals surface area contributed by atoms with Crippen LogP contribution in [0.2, 0.25) is 0 Å². The summed E-state index contributed by atoms with van der Waals surface area (Å²) in [6.45, 7) is 5.77. The molecule has 2 aliphatic rings. The highest BCUT2D eigenvalue weighted by Gasteiger charge is 2.52. The highest BCUT2D eigenvalue weighted by molar-refractivity contribution is 6.09. The molecule has 2 rings (SSSR count). The molecule has 0 unspecified atom stereocenters. The number of carbonyl (C=O) groups is 3. The summed E-state index contributed by atoms with van der Waals surface area (Å²) in [5, 5.41) is 5.48. The number of hydrogen-bond acceptors (Lipinski definition) is 4. The molecule has 0 radical (unpaired) electrons. The minimum atomic E-state index is -0.795. The molecule has 1 saturated carbocycles. The first-order valence-electron chi connectivity index (χ1n) is 8.36. The summed E-state index contributed by atoms with van der Waals surface area (Å²) in [6.07, 6.45) is 4.28. The van der Waals surface area contributed by atoms with Crippen molar-refractivity contribution in [3.8, 4) is 0 Å². The number of amides is 4. The van der Waals surface area contributed by atoms with Gasteiger partial charge in [0.2, 0.25) is 5.91 Å². The average Bonchev–Trinajstić information content (AvgIpc) is 2.70. The van der Waals surface area contributed by atoms with E-state index in [2.05, 4.69) is 17.6 Å². The smallest absolute Gasteiger partial charge is 0.325 e. The molecule has 0 aromatic heterocycles. The molecule has 7 nitrogen and oxygen atoms in total. The third-order valence-corrected chi connectivity index (χ3v) is 4.82. The monoisotopic (exact) mass is 324 g/mol. The summed E-state index contributed by atoms with van der Waals surface area (Å²) in [7, 11) is 0. The molecule has 4 N–H and O–H groups in total. The number of rotatable bonds is 5. The van der Waals surface area contributed by atoms with E-state index in [1.807, 2.05) is 0 Å². The highest BCUT2D eigenvalue weighted by atomic mass is 16.2. The van der Waals surface area contributed by atoms with E-state index in [0.29, 0.717) is 25.3 Å². The molecule has 0 aromatic rings. The van der Waals surface area contributed by atoms with Gasteiger partial charge in [-0.2, -0.15) is 0 Å². The summed E-state index contributed by atoms with van der Waals surface area (Å²) in [6, 6.07) is -0.466. The first-order chi connectivity index (χ1) is 10.7. The number of nitrogens with two attached hydrogens (primary N) is 1. The van der Waals surface area contributed by atoms with Gasteiger partial charge in [-0.25, -0.2) is 4.79 Å². The number of hydrogen-bond donors (Lipinski definition) is 3. The van der Waals surface area contributed by atoms with Gasteiger partial charge in [-0.3, -0.25) is 14.5 Å². The Bertz CT molecular complexity index is 490. The van der Waals surface area contributed by atoms with E-state index in [1.165, 1.54) is 0 Å². The summed E-state index contributed by atoms with van der Waals surface area (Å²) in [5.74, 6) is -0.0139. The summed E-state index contributed by atoms with van der Waals surface area (Å²) < 4.78 is 0. The molecule has 1 aliphatic carbocycles. The van der Waals surface area contributed by atoms with Gasteiger partial charge >= 0.3 is 6.03 Å². The second kappa shape index (κ2) is 6.47. The minimum Gasteiger partial charge on any atom is -0.353 e. The topological polar surface area (TPSA) is 105 Å². The van der Waals surface area contributed by atoms with Gasteiger partial charge in [0.05, 0.1) is 0 Å². The molecule has 7 heteroatoms. The Morgan fingerprint density at radius 1 is 1.39 bits per heavy atom. The maximum Gasteiger partial charge on any atom is 0.325 e. The maximum absolute atomic E-state index is 12.7. The molecule has 23 heavy (non-hydrogen) atoms. The Kier molecular flexibility index (Phi) is 4.98.